The van der Waals surface area contributed by atoms with Gasteiger partial charge in [-0.1, -0.05) is 24.6 Å². The molecule has 110 valence electrons. The molecule has 0 aromatic heterocycles. The van der Waals surface area contributed by atoms with Gasteiger partial charge in [0.05, 0.1) is 12.6 Å². The van der Waals surface area contributed by atoms with Crippen LogP contribution in [0.4, 0.5) is 5.69 Å². The molecule has 1 unspecified atom stereocenters. The molecule has 3 N–H and O–H groups in total. The van der Waals surface area contributed by atoms with Gasteiger partial charge < -0.3 is 15.7 Å². The first-order valence-corrected chi connectivity index (χ1v) is 6.69. The number of aliphatic hydroxyl groups is 1. The maximum absolute atomic E-state index is 11.9. The van der Waals surface area contributed by atoms with E-state index >= 15 is 0 Å². The molecule has 0 saturated carbocycles. The van der Waals surface area contributed by atoms with E-state index in [2.05, 4.69) is 10.6 Å². The minimum absolute atomic E-state index is 0.182. The van der Waals surface area contributed by atoms with Crippen molar-refractivity contribution in [3.8, 4) is 0 Å². The van der Waals surface area contributed by atoms with E-state index in [1.165, 1.54) is 0 Å². The summed E-state index contributed by atoms with van der Waals surface area (Å²) in [6.07, 6.45) is 0.568. The Bertz CT molecular complexity index is 485. The fourth-order valence-corrected chi connectivity index (χ4v) is 2.08. The molecule has 0 saturated heterocycles. The number of benzene rings is 1. The van der Waals surface area contributed by atoms with E-state index in [0.717, 1.165) is 16.7 Å². The quantitative estimate of drug-likeness (QED) is 0.729. The van der Waals surface area contributed by atoms with Crippen molar-refractivity contribution < 1.29 is 14.7 Å². The van der Waals surface area contributed by atoms with Crippen molar-refractivity contribution in [1.29, 1.82) is 0 Å². The van der Waals surface area contributed by atoms with Crippen molar-refractivity contribution in [3.63, 3.8) is 0 Å². The molecule has 0 aliphatic carbocycles. The summed E-state index contributed by atoms with van der Waals surface area (Å²) in [5, 5.41) is 14.1. The number of anilines is 1. The summed E-state index contributed by atoms with van der Waals surface area (Å²) in [5.74, 6) is -1.45. The largest absolute Gasteiger partial charge is 0.394 e. The molecule has 0 spiro atoms. The number of aryl methyl sites for hydroxylation is 3. The van der Waals surface area contributed by atoms with Crippen LogP contribution in [0, 0.1) is 20.8 Å². The number of nitrogens with one attached hydrogen (secondary N) is 2. The number of rotatable bonds is 4. The number of amides is 2. The summed E-state index contributed by atoms with van der Waals surface area (Å²) in [6.45, 7) is 7.39. The van der Waals surface area contributed by atoms with Gasteiger partial charge in [0, 0.05) is 5.69 Å². The molecule has 20 heavy (non-hydrogen) atoms. The standard InChI is InChI=1S/C15H22N2O3/c1-5-12(8-18)16-14(19)15(20)17-13-10(3)6-9(2)7-11(13)4/h6-7,12,18H,5,8H2,1-4H3,(H,16,19)(H,17,20). The topological polar surface area (TPSA) is 78.4 Å². The Morgan fingerprint density at radius 1 is 1.15 bits per heavy atom. The van der Waals surface area contributed by atoms with E-state index in [1.807, 2.05) is 39.8 Å². The number of hydrogen-bond acceptors (Lipinski definition) is 3. The van der Waals surface area contributed by atoms with Crippen molar-refractivity contribution in [1.82, 2.24) is 5.32 Å². The predicted octanol–water partition coefficient (Wildman–Crippen LogP) is 1.44. The number of carbonyl (C=O) groups is 2. The molecule has 5 heteroatoms. The van der Waals surface area contributed by atoms with Crippen molar-refractivity contribution in [3.05, 3.63) is 28.8 Å². The Morgan fingerprint density at radius 3 is 2.15 bits per heavy atom. The second-order valence-corrected chi connectivity index (χ2v) is 4.99. The minimum atomic E-state index is -0.731. The maximum Gasteiger partial charge on any atom is 0.313 e. The molecular formula is C15H22N2O3. The molecule has 1 rings (SSSR count). The number of hydrogen-bond donors (Lipinski definition) is 3. The minimum Gasteiger partial charge on any atom is -0.394 e. The fraction of sp³-hybridized carbons (Fsp3) is 0.467. The van der Waals surface area contributed by atoms with Crippen LogP contribution in [0.15, 0.2) is 12.1 Å². The lowest BCUT2D eigenvalue weighted by molar-refractivity contribution is -0.136. The normalized spacial score (nSPS) is 11.8. The van der Waals surface area contributed by atoms with Crippen molar-refractivity contribution in [2.45, 2.75) is 40.2 Å². The molecule has 0 fully saturated rings. The highest BCUT2D eigenvalue weighted by Gasteiger charge is 2.18. The molecule has 0 bridgehead atoms. The highest BCUT2D eigenvalue weighted by Crippen LogP contribution is 2.21. The highest BCUT2D eigenvalue weighted by atomic mass is 16.3. The van der Waals surface area contributed by atoms with Crippen LogP contribution in [0.2, 0.25) is 0 Å². The van der Waals surface area contributed by atoms with E-state index in [9.17, 15) is 9.59 Å². The molecule has 0 aliphatic heterocycles. The Hall–Kier alpha value is -1.88. The van der Waals surface area contributed by atoms with E-state index in [4.69, 9.17) is 5.11 Å². The molecule has 0 radical (unpaired) electrons. The van der Waals surface area contributed by atoms with Gasteiger partial charge in [-0.3, -0.25) is 9.59 Å². The maximum atomic E-state index is 11.9. The van der Waals surface area contributed by atoms with Crippen molar-refractivity contribution in [2.75, 3.05) is 11.9 Å². The highest BCUT2D eigenvalue weighted by molar-refractivity contribution is 6.39. The first-order valence-electron chi connectivity index (χ1n) is 6.69. The predicted molar refractivity (Wildman–Crippen MR) is 78.6 cm³/mol. The van der Waals surface area contributed by atoms with Gasteiger partial charge in [0.15, 0.2) is 0 Å². The van der Waals surface area contributed by atoms with Crippen LogP contribution in [0.3, 0.4) is 0 Å². The van der Waals surface area contributed by atoms with E-state index in [1.54, 1.807) is 0 Å². The molecule has 0 heterocycles. The van der Waals surface area contributed by atoms with E-state index in [0.29, 0.717) is 12.1 Å². The summed E-state index contributed by atoms with van der Waals surface area (Å²) < 4.78 is 0. The SMILES string of the molecule is CCC(CO)NC(=O)C(=O)Nc1c(C)cc(C)cc1C. The molecule has 2 amide bonds. The molecule has 5 nitrogen and oxygen atoms in total. The van der Waals surface area contributed by atoms with Gasteiger partial charge in [-0.15, -0.1) is 0 Å². The van der Waals surface area contributed by atoms with Gasteiger partial charge >= 0.3 is 11.8 Å². The zero-order valence-electron chi connectivity index (χ0n) is 12.4. The van der Waals surface area contributed by atoms with Gasteiger partial charge in [-0.05, 0) is 38.3 Å². The summed E-state index contributed by atoms with van der Waals surface area (Å²) in [7, 11) is 0. The van der Waals surface area contributed by atoms with Gasteiger partial charge in [0.1, 0.15) is 0 Å². The van der Waals surface area contributed by atoms with Crippen LogP contribution in [0.5, 0.6) is 0 Å². The van der Waals surface area contributed by atoms with Gasteiger partial charge in [0.25, 0.3) is 0 Å². The first kappa shape index (κ1) is 16.2. The third-order valence-corrected chi connectivity index (χ3v) is 3.17. The molecule has 1 aromatic rings. The fourth-order valence-electron chi connectivity index (χ4n) is 2.08. The summed E-state index contributed by atoms with van der Waals surface area (Å²) in [6, 6.07) is 3.50. The smallest absolute Gasteiger partial charge is 0.313 e. The Kier molecular flexibility index (Phi) is 5.70. The average Bonchev–Trinajstić information content (AvgIpc) is 2.39. The molecule has 1 aromatic carbocycles. The van der Waals surface area contributed by atoms with Gasteiger partial charge in [-0.25, -0.2) is 0 Å². The van der Waals surface area contributed by atoms with Gasteiger partial charge in [-0.2, -0.15) is 0 Å². The third kappa shape index (κ3) is 4.06. The zero-order valence-corrected chi connectivity index (χ0v) is 12.4. The van der Waals surface area contributed by atoms with Crippen LogP contribution in [0.25, 0.3) is 0 Å². The second-order valence-electron chi connectivity index (χ2n) is 4.99. The van der Waals surface area contributed by atoms with Crippen LogP contribution in [-0.4, -0.2) is 29.6 Å². The Balaban J connectivity index is 2.78. The van der Waals surface area contributed by atoms with Crippen LogP contribution < -0.4 is 10.6 Å². The van der Waals surface area contributed by atoms with Crippen molar-refractivity contribution >= 4 is 17.5 Å². The lowest BCUT2D eigenvalue weighted by Crippen LogP contribution is -2.43. The number of carbonyl (C=O) groups excluding carboxylic acids is 2. The zero-order chi connectivity index (χ0) is 15.3. The van der Waals surface area contributed by atoms with Gasteiger partial charge in [0.2, 0.25) is 0 Å². The molecule has 0 aliphatic rings. The molecular weight excluding hydrogens is 256 g/mol. The Labute approximate surface area is 119 Å². The lowest BCUT2D eigenvalue weighted by atomic mass is 10.1. The van der Waals surface area contributed by atoms with Crippen LogP contribution in [0.1, 0.15) is 30.0 Å². The van der Waals surface area contributed by atoms with E-state index < -0.39 is 17.9 Å². The summed E-state index contributed by atoms with van der Waals surface area (Å²) in [5.41, 5.74) is 3.59. The third-order valence-electron chi connectivity index (χ3n) is 3.17. The monoisotopic (exact) mass is 278 g/mol. The van der Waals surface area contributed by atoms with Crippen LogP contribution >= 0.6 is 0 Å². The van der Waals surface area contributed by atoms with Crippen LogP contribution in [-0.2, 0) is 9.59 Å². The second kappa shape index (κ2) is 7.05. The average molecular weight is 278 g/mol. The molecule has 1 atom stereocenters. The number of aliphatic hydroxyl groups excluding tert-OH is 1. The summed E-state index contributed by atoms with van der Waals surface area (Å²) in [4.78, 5) is 23.6. The lowest BCUT2D eigenvalue weighted by Gasteiger charge is -2.15. The Morgan fingerprint density at radius 2 is 1.70 bits per heavy atom. The first-order chi connectivity index (χ1) is 9.38. The summed E-state index contributed by atoms with van der Waals surface area (Å²) >= 11 is 0. The van der Waals surface area contributed by atoms with Crippen molar-refractivity contribution in [2.24, 2.45) is 0 Å². The van der Waals surface area contributed by atoms with E-state index in [-0.39, 0.29) is 6.61 Å².